The summed E-state index contributed by atoms with van der Waals surface area (Å²) in [6.07, 6.45) is 1.37. The van der Waals surface area contributed by atoms with Crippen molar-refractivity contribution in [3.05, 3.63) is 51.0 Å². The number of benzene rings is 1. The molecule has 16 heavy (non-hydrogen) atoms. The van der Waals surface area contributed by atoms with Crippen LogP contribution in [0.1, 0.15) is 5.56 Å². The van der Waals surface area contributed by atoms with Gasteiger partial charge in [0.25, 0.3) is 5.56 Å². The van der Waals surface area contributed by atoms with Crippen molar-refractivity contribution in [2.45, 2.75) is 6.92 Å². The second kappa shape index (κ2) is 4.49. The Balaban J connectivity index is 2.38. The Bertz CT molecular complexity index is 565. The van der Waals surface area contributed by atoms with Gasteiger partial charge in [-0.05, 0) is 34.5 Å². The Kier molecular flexibility index (Phi) is 3.05. The third-order valence-corrected chi connectivity index (χ3v) is 2.93. The maximum atomic E-state index is 11.3. The molecule has 0 radical (unpaired) electrons. The normalized spacial score (nSPS) is 10.1. The number of aromatic amines is 1. The summed E-state index contributed by atoms with van der Waals surface area (Å²) < 4.78 is 0.401. The van der Waals surface area contributed by atoms with Crippen LogP contribution >= 0.6 is 15.9 Å². The van der Waals surface area contributed by atoms with Crippen molar-refractivity contribution in [2.24, 2.45) is 0 Å². The van der Waals surface area contributed by atoms with Crippen LogP contribution in [0.2, 0.25) is 0 Å². The lowest BCUT2D eigenvalue weighted by Crippen LogP contribution is -2.10. The number of anilines is 2. The van der Waals surface area contributed by atoms with Crippen LogP contribution < -0.4 is 10.9 Å². The van der Waals surface area contributed by atoms with Gasteiger partial charge in [-0.2, -0.15) is 0 Å². The number of aromatic nitrogens is 2. The highest BCUT2D eigenvalue weighted by Gasteiger charge is 2.06. The first-order chi connectivity index (χ1) is 7.68. The van der Waals surface area contributed by atoms with Crippen LogP contribution in [0.25, 0.3) is 0 Å². The van der Waals surface area contributed by atoms with Gasteiger partial charge in [0.05, 0.1) is 6.33 Å². The van der Waals surface area contributed by atoms with E-state index in [0.717, 1.165) is 11.3 Å². The summed E-state index contributed by atoms with van der Waals surface area (Å²) >= 11 is 3.19. The monoisotopic (exact) mass is 279 g/mol. The quantitative estimate of drug-likeness (QED) is 0.889. The number of aryl methyl sites for hydroxylation is 1. The van der Waals surface area contributed by atoms with Crippen molar-refractivity contribution < 1.29 is 0 Å². The second-order valence-corrected chi connectivity index (χ2v) is 4.13. The number of rotatable bonds is 2. The maximum Gasteiger partial charge on any atom is 0.267 e. The zero-order valence-corrected chi connectivity index (χ0v) is 10.2. The van der Waals surface area contributed by atoms with Crippen molar-refractivity contribution in [3.63, 3.8) is 0 Å². The fourth-order valence-corrected chi connectivity index (χ4v) is 1.63. The molecule has 0 unspecified atom stereocenters. The van der Waals surface area contributed by atoms with Gasteiger partial charge in [0.1, 0.15) is 4.47 Å². The Morgan fingerprint density at radius 2 is 2.12 bits per heavy atom. The fraction of sp³-hybridized carbons (Fsp3) is 0.0909. The van der Waals surface area contributed by atoms with Crippen molar-refractivity contribution in [1.82, 2.24) is 9.97 Å². The van der Waals surface area contributed by atoms with E-state index >= 15 is 0 Å². The minimum Gasteiger partial charge on any atom is -0.339 e. The summed E-state index contributed by atoms with van der Waals surface area (Å²) in [5.41, 5.74) is 1.82. The lowest BCUT2D eigenvalue weighted by Gasteiger charge is -2.08. The number of nitrogens with one attached hydrogen (secondary N) is 2. The summed E-state index contributed by atoms with van der Waals surface area (Å²) in [6.45, 7) is 1.99. The van der Waals surface area contributed by atoms with E-state index in [1.165, 1.54) is 6.33 Å². The van der Waals surface area contributed by atoms with Crippen LogP contribution in [0.5, 0.6) is 0 Å². The smallest absolute Gasteiger partial charge is 0.267 e. The Morgan fingerprint density at radius 3 is 2.88 bits per heavy atom. The summed E-state index contributed by atoms with van der Waals surface area (Å²) in [6, 6.07) is 7.81. The molecule has 82 valence electrons. The van der Waals surface area contributed by atoms with Gasteiger partial charge in [0.2, 0.25) is 0 Å². The largest absolute Gasteiger partial charge is 0.339 e. The molecule has 1 aromatic heterocycles. The average molecular weight is 280 g/mol. The van der Waals surface area contributed by atoms with Gasteiger partial charge in [-0.15, -0.1) is 0 Å². The van der Waals surface area contributed by atoms with E-state index in [0.29, 0.717) is 10.3 Å². The highest BCUT2D eigenvalue weighted by atomic mass is 79.9. The number of H-pyrrole nitrogens is 1. The highest BCUT2D eigenvalue weighted by Crippen LogP contribution is 2.21. The predicted octanol–water partition coefficient (Wildman–Crippen LogP) is 2.58. The molecule has 0 fully saturated rings. The predicted molar refractivity (Wildman–Crippen MR) is 67.0 cm³/mol. The maximum absolute atomic E-state index is 11.3. The van der Waals surface area contributed by atoms with Gasteiger partial charge in [-0.1, -0.05) is 18.2 Å². The molecule has 0 amide bonds. The first-order valence-electron chi connectivity index (χ1n) is 4.74. The van der Waals surface area contributed by atoms with Gasteiger partial charge in [-0.25, -0.2) is 4.98 Å². The molecule has 2 rings (SSSR count). The molecular weight excluding hydrogens is 270 g/mol. The molecule has 0 bridgehead atoms. The Labute approximate surface area is 101 Å². The average Bonchev–Trinajstić information content (AvgIpc) is 2.28. The molecular formula is C11H10BrN3O. The van der Waals surface area contributed by atoms with E-state index in [1.54, 1.807) is 0 Å². The van der Waals surface area contributed by atoms with Gasteiger partial charge in [-0.3, -0.25) is 4.79 Å². The minimum atomic E-state index is -0.203. The third-order valence-electron chi connectivity index (χ3n) is 2.19. The number of hydrogen-bond donors (Lipinski definition) is 2. The summed E-state index contributed by atoms with van der Waals surface area (Å²) in [5.74, 6) is 0.512. The number of hydrogen-bond acceptors (Lipinski definition) is 3. The third kappa shape index (κ3) is 2.14. The van der Waals surface area contributed by atoms with Gasteiger partial charge in [0.15, 0.2) is 5.82 Å². The standard InChI is InChI=1S/C11H10BrN3O/c1-7-4-2-3-5-8(7)15-10-9(12)11(16)14-6-13-10/h2-6H,1H3,(H2,13,14,15,16). The van der Waals surface area contributed by atoms with Crippen LogP contribution in [0.4, 0.5) is 11.5 Å². The zero-order valence-electron chi connectivity index (χ0n) is 8.62. The van der Waals surface area contributed by atoms with Crippen molar-refractivity contribution >= 4 is 27.4 Å². The summed E-state index contributed by atoms with van der Waals surface area (Å²) in [4.78, 5) is 17.9. The van der Waals surface area contributed by atoms with Gasteiger partial charge in [0, 0.05) is 5.69 Å². The van der Waals surface area contributed by atoms with E-state index in [2.05, 4.69) is 31.2 Å². The van der Waals surface area contributed by atoms with E-state index < -0.39 is 0 Å². The van der Waals surface area contributed by atoms with Crippen molar-refractivity contribution in [2.75, 3.05) is 5.32 Å². The number of nitrogens with zero attached hydrogens (tertiary/aromatic N) is 1. The molecule has 0 saturated carbocycles. The molecule has 2 aromatic rings. The van der Waals surface area contributed by atoms with Crippen LogP contribution in [0.15, 0.2) is 39.9 Å². The molecule has 0 spiro atoms. The lowest BCUT2D eigenvalue weighted by atomic mass is 10.2. The van der Waals surface area contributed by atoms with E-state index in [-0.39, 0.29) is 5.56 Å². The molecule has 0 aliphatic heterocycles. The van der Waals surface area contributed by atoms with Gasteiger partial charge < -0.3 is 10.3 Å². The topological polar surface area (TPSA) is 57.8 Å². The first-order valence-corrected chi connectivity index (χ1v) is 5.53. The Hall–Kier alpha value is -1.62. The minimum absolute atomic E-state index is 0.203. The van der Waals surface area contributed by atoms with E-state index in [4.69, 9.17) is 0 Å². The fourth-order valence-electron chi connectivity index (χ4n) is 1.31. The molecule has 0 saturated heterocycles. The van der Waals surface area contributed by atoms with Crippen LogP contribution in [-0.4, -0.2) is 9.97 Å². The molecule has 1 aromatic carbocycles. The molecule has 0 aliphatic carbocycles. The van der Waals surface area contributed by atoms with Crippen molar-refractivity contribution in [3.8, 4) is 0 Å². The van der Waals surface area contributed by atoms with Crippen LogP contribution in [-0.2, 0) is 0 Å². The zero-order chi connectivity index (χ0) is 11.5. The van der Waals surface area contributed by atoms with Crippen LogP contribution in [0, 0.1) is 6.92 Å². The first kappa shape index (κ1) is 10.9. The number of para-hydroxylation sites is 1. The summed E-state index contributed by atoms with van der Waals surface area (Å²) in [5, 5.41) is 3.10. The Morgan fingerprint density at radius 1 is 1.38 bits per heavy atom. The summed E-state index contributed by atoms with van der Waals surface area (Å²) in [7, 11) is 0. The molecule has 2 N–H and O–H groups in total. The molecule has 4 nitrogen and oxygen atoms in total. The van der Waals surface area contributed by atoms with Crippen LogP contribution in [0.3, 0.4) is 0 Å². The van der Waals surface area contributed by atoms with E-state index in [9.17, 15) is 4.79 Å². The SMILES string of the molecule is Cc1ccccc1Nc1nc[nH]c(=O)c1Br. The second-order valence-electron chi connectivity index (χ2n) is 3.33. The highest BCUT2D eigenvalue weighted by molar-refractivity contribution is 9.10. The molecule has 0 atom stereocenters. The lowest BCUT2D eigenvalue weighted by molar-refractivity contribution is 1.10. The van der Waals surface area contributed by atoms with E-state index in [1.807, 2.05) is 31.2 Å². The molecule has 5 heteroatoms. The van der Waals surface area contributed by atoms with Crippen molar-refractivity contribution in [1.29, 1.82) is 0 Å². The number of halogens is 1. The molecule has 0 aliphatic rings. The van der Waals surface area contributed by atoms with Gasteiger partial charge >= 0.3 is 0 Å². The molecule has 1 heterocycles.